The number of carbonyl (C=O) groups is 1. The summed E-state index contributed by atoms with van der Waals surface area (Å²) in [6.45, 7) is 2.21. The molecule has 20 heavy (non-hydrogen) atoms. The number of halogens is 1. The lowest BCUT2D eigenvalue weighted by Gasteiger charge is -2.33. The molecule has 0 saturated heterocycles. The van der Waals surface area contributed by atoms with Crippen molar-refractivity contribution < 1.29 is 9.53 Å². The lowest BCUT2D eigenvalue weighted by molar-refractivity contribution is -0.125. The zero-order valence-corrected chi connectivity index (χ0v) is 11.8. The molecule has 2 aromatic carbocycles. The van der Waals surface area contributed by atoms with Crippen molar-refractivity contribution in [2.45, 2.75) is 19.6 Å². The van der Waals surface area contributed by atoms with Crippen LogP contribution in [0.3, 0.4) is 0 Å². The molecule has 1 aliphatic rings. The summed E-state index contributed by atoms with van der Waals surface area (Å²) >= 11 is 6.19. The second-order valence-corrected chi connectivity index (χ2v) is 5.15. The lowest BCUT2D eigenvalue weighted by atomic mass is 10.1. The van der Waals surface area contributed by atoms with E-state index in [2.05, 4.69) is 0 Å². The summed E-state index contributed by atoms with van der Waals surface area (Å²) in [5.41, 5.74) is 1.71. The smallest absolute Gasteiger partial charge is 0.268 e. The Kier molecular flexibility index (Phi) is 3.36. The second-order valence-electron chi connectivity index (χ2n) is 4.74. The molecule has 0 N–H and O–H groups in total. The van der Waals surface area contributed by atoms with Crippen LogP contribution in [0.4, 0.5) is 5.69 Å². The predicted molar refractivity (Wildman–Crippen MR) is 79.2 cm³/mol. The number of hydrogen-bond donors (Lipinski definition) is 0. The summed E-state index contributed by atoms with van der Waals surface area (Å²) in [4.78, 5) is 14.1. The van der Waals surface area contributed by atoms with Crippen LogP contribution in [0.2, 0.25) is 5.02 Å². The largest absolute Gasteiger partial charge is 0.479 e. The minimum absolute atomic E-state index is 0.0522. The molecule has 0 aliphatic carbocycles. The van der Waals surface area contributed by atoms with E-state index in [9.17, 15) is 4.79 Å². The van der Waals surface area contributed by atoms with E-state index in [-0.39, 0.29) is 5.91 Å². The van der Waals surface area contributed by atoms with E-state index in [1.54, 1.807) is 11.8 Å². The molecule has 0 unspecified atom stereocenters. The van der Waals surface area contributed by atoms with Crippen molar-refractivity contribution in [2.24, 2.45) is 0 Å². The van der Waals surface area contributed by atoms with Crippen LogP contribution in [0.1, 0.15) is 12.5 Å². The number of para-hydroxylation sites is 2. The van der Waals surface area contributed by atoms with E-state index < -0.39 is 6.10 Å². The molecule has 1 heterocycles. The van der Waals surface area contributed by atoms with Crippen LogP contribution < -0.4 is 9.64 Å². The molecule has 1 atom stereocenters. The molecule has 3 rings (SSSR count). The van der Waals surface area contributed by atoms with E-state index >= 15 is 0 Å². The number of ether oxygens (including phenoxy) is 1. The zero-order valence-electron chi connectivity index (χ0n) is 11.0. The summed E-state index contributed by atoms with van der Waals surface area (Å²) in [6, 6.07) is 15.1. The van der Waals surface area contributed by atoms with Crippen LogP contribution in [0.25, 0.3) is 0 Å². The van der Waals surface area contributed by atoms with Crippen LogP contribution in [0.5, 0.6) is 5.75 Å². The normalized spacial score (nSPS) is 17.6. The van der Waals surface area contributed by atoms with E-state index in [0.717, 1.165) is 17.0 Å². The fraction of sp³-hybridized carbons (Fsp3) is 0.188. The Morgan fingerprint density at radius 1 is 1.15 bits per heavy atom. The fourth-order valence-electron chi connectivity index (χ4n) is 2.32. The molecule has 4 heteroatoms. The summed E-state index contributed by atoms with van der Waals surface area (Å²) in [7, 11) is 0. The van der Waals surface area contributed by atoms with E-state index in [1.165, 1.54) is 0 Å². The lowest BCUT2D eigenvalue weighted by Crippen LogP contribution is -2.44. The van der Waals surface area contributed by atoms with Gasteiger partial charge in [-0.2, -0.15) is 0 Å². The number of nitrogens with zero attached hydrogens (tertiary/aromatic N) is 1. The number of carbonyl (C=O) groups excluding carboxylic acids is 1. The predicted octanol–water partition coefficient (Wildman–Crippen LogP) is 3.65. The minimum Gasteiger partial charge on any atom is -0.479 e. The number of anilines is 1. The highest BCUT2D eigenvalue weighted by atomic mass is 35.5. The molecule has 0 aromatic heterocycles. The van der Waals surface area contributed by atoms with Crippen molar-refractivity contribution in [3.05, 3.63) is 59.1 Å². The Morgan fingerprint density at radius 2 is 1.85 bits per heavy atom. The van der Waals surface area contributed by atoms with Gasteiger partial charge >= 0.3 is 0 Å². The molecular formula is C16H14ClNO2. The summed E-state index contributed by atoms with van der Waals surface area (Å²) < 4.78 is 5.62. The van der Waals surface area contributed by atoms with Gasteiger partial charge in [-0.3, -0.25) is 4.79 Å². The van der Waals surface area contributed by atoms with Gasteiger partial charge in [-0.1, -0.05) is 41.9 Å². The van der Waals surface area contributed by atoms with Crippen molar-refractivity contribution in [3.63, 3.8) is 0 Å². The van der Waals surface area contributed by atoms with Crippen LogP contribution in [-0.2, 0) is 11.3 Å². The highest BCUT2D eigenvalue weighted by molar-refractivity contribution is 6.31. The van der Waals surface area contributed by atoms with Gasteiger partial charge in [0.05, 0.1) is 12.2 Å². The van der Waals surface area contributed by atoms with Crippen molar-refractivity contribution >= 4 is 23.2 Å². The third-order valence-corrected chi connectivity index (χ3v) is 3.73. The maximum Gasteiger partial charge on any atom is 0.268 e. The Bertz CT molecular complexity index is 656. The van der Waals surface area contributed by atoms with Crippen molar-refractivity contribution in [3.8, 4) is 5.75 Å². The summed E-state index contributed by atoms with van der Waals surface area (Å²) in [5.74, 6) is 0.676. The number of rotatable bonds is 2. The maximum atomic E-state index is 12.4. The monoisotopic (exact) mass is 287 g/mol. The molecule has 0 spiro atoms. The molecular weight excluding hydrogens is 274 g/mol. The molecule has 102 valence electrons. The zero-order chi connectivity index (χ0) is 14.1. The summed E-state index contributed by atoms with van der Waals surface area (Å²) in [5, 5.41) is 0.664. The Balaban J connectivity index is 2.00. The van der Waals surface area contributed by atoms with E-state index in [0.29, 0.717) is 11.6 Å². The number of benzene rings is 2. The molecule has 1 aliphatic heterocycles. The minimum atomic E-state index is -0.479. The average Bonchev–Trinajstić information content (AvgIpc) is 2.46. The first-order valence-electron chi connectivity index (χ1n) is 6.47. The molecule has 0 radical (unpaired) electrons. The van der Waals surface area contributed by atoms with Gasteiger partial charge in [-0.05, 0) is 30.7 Å². The highest BCUT2D eigenvalue weighted by Crippen LogP contribution is 2.35. The molecule has 0 fully saturated rings. The average molecular weight is 288 g/mol. The Morgan fingerprint density at radius 3 is 2.65 bits per heavy atom. The highest BCUT2D eigenvalue weighted by Gasteiger charge is 2.31. The van der Waals surface area contributed by atoms with Gasteiger partial charge in [0, 0.05) is 5.02 Å². The Hall–Kier alpha value is -2.00. The van der Waals surface area contributed by atoms with Crippen LogP contribution >= 0.6 is 11.6 Å². The van der Waals surface area contributed by atoms with Gasteiger partial charge < -0.3 is 9.64 Å². The first kappa shape index (κ1) is 13.0. The fourth-order valence-corrected chi connectivity index (χ4v) is 2.51. The van der Waals surface area contributed by atoms with Crippen LogP contribution in [-0.4, -0.2) is 12.0 Å². The van der Waals surface area contributed by atoms with Crippen molar-refractivity contribution in [1.29, 1.82) is 0 Å². The third-order valence-electron chi connectivity index (χ3n) is 3.36. The molecule has 0 saturated carbocycles. The van der Waals surface area contributed by atoms with Gasteiger partial charge in [-0.25, -0.2) is 0 Å². The van der Waals surface area contributed by atoms with Gasteiger partial charge in [0.2, 0.25) is 0 Å². The van der Waals surface area contributed by atoms with E-state index in [1.807, 2.05) is 48.5 Å². The van der Waals surface area contributed by atoms with Gasteiger partial charge in [0.15, 0.2) is 6.10 Å². The topological polar surface area (TPSA) is 29.5 Å². The van der Waals surface area contributed by atoms with Gasteiger partial charge in [0.1, 0.15) is 5.75 Å². The quantitative estimate of drug-likeness (QED) is 0.844. The molecule has 1 amide bonds. The Labute approximate surface area is 122 Å². The first-order chi connectivity index (χ1) is 9.66. The standard InChI is InChI=1S/C16H14ClNO2/c1-11-16(19)18(10-12-6-2-3-7-13(12)17)14-8-4-5-9-15(14)20-11/h2-9,11H,10H2,1H3/t11-/m1/s1. The molecule has 3 nitrogen and oxygen atoms in total. The first-order valence-corrected chi connectivity index (χ1v) is 6.85. The maximum absolute atomic E-state index is 12.4. The van der Waals surface area contributed by atoms with E-state index in [4.69, 9.17) is 16.3 Å². The molecule has 0 bridgehead atoms. The third kappa shape index (κ3) is 2.25. The second kappa shape index (κ2) is 5.17. The van der Waals surface area contributed by atoms with Gasteiger partial charge in [0.25, 0.3) is 5.91 Å². The van der Waals surface area contributed by atoms with Crippen molar-refractivity contribution in [1.82, 2.24) is 0 Å². The number of hydrogen-bond acceptors (Lipinski definition) is 2. The number of fused-ring (bicyclic) bond motifs is 1. The van der Waals surface area contributed by atoms with Crippen molar-refractivity contribution in [2.75, 3.05) is 4.90 Å². The van der Waals surface area contributed by atoms with Crippen LogP contribution in [0.15, 0.2) is 48.5 Å². The number of amides is 1. The summed E-state index contributed by atoms with van der Waals surface area (Å²) in [6.07, 6.45) is -0.479. The van der Waals surface area contributed by atoms with Gasteiger partial charge in [-0.15, -0.1) is 0 Å². The molecule has 2 aromatic rings. The van der Waals surface area contributed by atoms with Crippen LogP contribution in [0, 0.1) is 0 Å². The SMILES string of the molecule is C[C@H]1Oc2ccccc2N(Cc2ccccc2Cl)C1=O.